The highest BCUT2D eigenvalue weighted by molar-refractivity contribution is 6.05. The van der Waals surface area contributed by atoms with E-state index in [1.165, 1.54) is 5.69 Å². The predicted octanol–water partition coefficient (Wildman–Crippen LogP) is 2.89. The number of benzene rings is 1. The average Bonchev–Trinajstić information content (AvgIpc) is 3.13. The number of hydrogen-bond donors (Lipinski definition) is 2. The van der Waals surface area contributed by atoms with Gasteiger partial charge in [0, 0.05) is 36.6 Å². The molecule has 26 heavy (non-hydrogen) atoms. The number of H-pyrrole nitrogens is 1. The van der Waals surface area contributed by atoms with E-state index in [0.29, 0.717) is 5.56 Å². The Hall–Kier alpha value is -2.86. The molecule has 1 amide bonds. The molecule has 2 N–H and O–H groups in total. The molecule has 3 aromatic rings. The molecule has 0 bridgehead atoms. The lowest BCUT2D eigenvalue weighted by molar-refractivity contribution is 0.0941. The standard InChI is InChI=1S/C20H22N4O2/c1-14(15-4-6-16(7-5-15)24-9-11-26-12-10-24)23-20(25)18-13-22-19-17(18)3-2-8-21-19/h2-8,13-14H,9-12H2,1H3,(H,21,22)(H,23,25)/t14-/m0/s1. The fraction of sp³-hybridized carbons (Fsp3) is 0.300. The van der Waals surface area contributed by atoms with Crippen LogP contribution in [0, 0.1) is 0 Å². The largest absolute Gasteiger partial charge is 0.378 e. The summed E-state index contributed by atoms with van der Waals surface area (Å²) in [5.41, 5.74) is 3.61. The Morgan fingerprint density at radius 3 is 2.77 bits per heavy atom. The topological polar surface area (TPSA) is 70.2 Å². The number of rotatable bonds is 4. The number of aromatic nitrogens is 2. The van der Waals surface area contributed by atoms with Gasteiger partial charge in [0.05, 0.1) is 24.8 Å². The monoisotopic (exact) mass is 350 g/mol. The van der Waals surface area contributed by atoms with Gasteiger partial charge in [0.15, 0.2) is 0 Å². The smallest absolute Gasteiger partial charge is 0.253 e. The molecular formula is C20H22N4O2. The Balaban J connectivity index is 1.45. The van der Waals surface area contributed by atoms with Crippen LogP contribution in [0.5, 0.6) is 0 Å². The fourth-order valence-electron chi connectivity index (χ4n) is 3.30. The van der Waals surface area contributed by atoms with E-state index in [1.54, 1.807) is 12.4 Å². The third kappa shape index (κ3) is 3.28. The van der Waals surface area contributed by atoms with Crippen LogP contribution in [0.3, 0.4) is 0 Å². The number of morpholine rings is 1. The Labute approximate surface area is 152 Å². The normalized spacial score (nSPS) is 15.8. The quantitative estimate of drug-likeness (QED) is 0.759. The van der Waals surface area contributed by atoms with Crippen molar-refractivity contribution < 1.29 is 9.53 Å². The molecule has 0 spiro atoms. The Morgan fingerprint density at radius 1 is 1.23 bits per heavy atom. The maximum absolute atomic E-state index is 12.6. The second-order valence-electron chi connectivity index (χ2n) is 6.49. The predicted molar refractivity (Wildman–Crippen MR) is 101 cm³/mol. The molecule has 1 atom stereocenters. The van der Waals surface area contributed by atoms with Crippen molar-refractivity contribution in [3.8, 4) is 0 Å². The summed E-state index contributed by atoms with van der Waals surface area (Å²) in [6.07, 6.45) is 3.42. The number of aromatic amines is 1. The van der Waals surface area contributed by atoms with Gasteiger partial charge in [0.25, 0.3) is 5.91 Å². The molecule has 4 rings (SSSR count). The van der Waals surface area contributed by atoms with Crippen molar-refractivity contribution in [2.75, 3.05) is 31.2 Å². The van der Waals surface area contributed by atoms with E-state index in [4.69, 9.17) is 4.74 Å². The highest BCUT2D eigenvalue weighted by Crippen LogP contribution is 2.21. The molecular weight excluding hydrogens is 328 g/mol. The zero-order chi connectivity index (χ0) is 17.9. The molecule has 1 fully saturated rings. The Bertz CT molecular complexity index is 898. The van der Waals surface area contributed by atoms with Gasteiger partial charge in [-0.15, -0.1) is 0 Å². The maximum atomic E-state index is 12.6. The van der Waals surface area contributed by atoms with E-state index in [2.05, 4.69) is 44.5 Å². The van der Waals surface area contributed by atoms with Gasteiger partial charge in [-0.2, -0.15) is 0 Å². The molecule has 6 nitrogen and oxygen atoms in total. The third-order valence-electron chi connectivity index (χ3n) is 4.81. The first-order valence-corrected chi connectivity index (χ1v) is 8.88. The number of fused-ring (bicyclic) bond motifs is 1. The summed E-state index contributed by atoms with van der Waals surface area (Å²) in [7, 11) is 0. The zero-order valence-corrected chi connectivity index (χ0v) is 14.7. The van der Waals surface area contributed by atoms with Gasteiger partial charge < -0.3 is 19.9 Å². The molecule has 134 valence electrons. The first kappa shape index (κ1) is 16.6. The van der Waals surface area contributed by atoms with Crippen LogP contribution in [0.25, 0.3) is 11.0 Å². The number of carbonyl (C=O) groups is 1. The Morgan fingerprint density at radius 2 is 2.00 bits per heavy atom. The van der Waals surface area contributed by atoms with Gasteiger partial charge >= 0.3 is 0 Å². The fourth-order valence-corrected chi connectivity index (χ4v) is 3.30. The molecule has 3 heterocycles. The number of carbonyl (C=O) groups excluding carboxylic acids is 1. The van der Waals surface area contributed by atoms with Crippen LogP contribution in [-0.4, -0.2) is 42.2 Å². The number of nitrogens with zero attached hydrogens (tertiary/aromatic N) is 2. The molecule has 2 aromatic heterocycles. The van der Waals surface area contributed by atoms with E-state index in [1.807, 2.05) is 19.1 Å². The van der Waals surface area contributed by atoms with E-state index < -0.39 is 0 Å². The molecule has 1 aromatic carbocycles. The van der Waals surface area contributed by atoms with Gasteiger partial charge in [-0.25, -0.2) is 4.98 Å². The van der Waals surface area contributed by atoms with Crippen LogP contribution >= 0.6 is 0 Å². The van der Waals surface area contributed by atoms with Crippen molar-refractivity contribution in [1.82, 2.24) is 15.3 Å². The minimum Gasteiger partial charge on any atom is -0.378 e. The SMILES string of the molecule is C[C@H](NC(=O)c1c[nH]c2ncccc12)c1ccc(N2CCOCC2)cc1. The molecule has 1 aliphatic rings. The van der Waals surface area contributed by atoms with Gasteiger partial charge in [-0.05, 0) is 36.8 Å². The number of hydrogen-bond acceptors (Lipinski definition) is 4. The number of nitrogens with one attached hydrogen (secondary N) is 2. The number of anilines is 1. The van der Waals surface area contributed by atoms with Crippen LogP contribution in [-0.2, 0) is 4.74 Å². The lowest BCUT2D eigenvalue weighted by atomic mass is 10.1. The molecule has 0 radical (unpaired) electrons. The van der Waals surface area contributed by atoms with Gasteiger partial charge in [-0.3, -0.25) is 4.79 Å². The molecule has 6 heteroatoms. The van der Waals surface area contributed by atoms with Crippen LogP contribution in [0.2, 0.25) is 0 Å². The Kier molecular flexibility index (Phi) is 4.58. The summed E-state index contributed by atoms with van der Waals surface area (Å²) < 4.78 is 5.40. The van der Waals surface area contributed by atoms with Crippen LogP contribution in [0.15, 0.2) is 48.8 Å². The highest BCUT2D eigenvalue weighted by atomic mass is 16.5. The highest BCUT2D eigenvalue weighted by Gasteiger charge is 2.16. The molecule has 1 saturated heterocycles. The van der Waals surface area contributed by atoms with Crippen molar-refractivity contribution in [3.63, 3.8) is 0 Å². The molecule has 0 aliphatic carbocycles. The van der Waals surface area contributed by atoms with E-state index >= 15 is 0 Å². The summed E-state index contributed by atoms with van der Waals surface area (Å²) >= 11 is 0. The molecule has 0 unspecified atom stereocenters. The van der Waals surface area contributed by atoms with Crippen LogP contribution in [0.4, 0.5) is 5.69 Å². The summed E-state index contributed by atoms with van der Waals surface area (Å²) in [6.45, 7) is 5.37. The summed E-state index contributed by atoms with van der Waals surface area (Å²) in [5.74, 6) is -0.103. The number of ether oxygens (including phenoxy) is 1. The van der Waals surface area contributed by atoms with Crippen LogP contribution in [0.1, 0.15) is 28.9 Å². The van der Waals surface area contributed by atoms with Gasteiger partial charge in [-0.1, -0.05) is 12.1 Å². The zero-order valence-electron chi connectivity index (χ0n) is 14.7. The summed E-state index contributed by atoms with van der Waals surface area (Å²) in [4.78, 5) is 22.2. The van der Waals surface area contributed by atoms with E-state index in [0.717, 1.165) is 42.9 Å². The minimum absolute atomic E-state index is 0.0807. The van der Waals surface area contributed by atoms with Gasteiger partial charge in [0.1, 0.15) is 5.65 Å². The van der Waals surface area contributed by atoms with Crippen molar-refractivity contribution >= 4 is 22.6 Å². The molecule has 0 saturated carbocycles. The molecule has 1 aliphatic heterocycles. The third-order valence-corrected chi connectivity index (χ3v) is 4.81. The average molecular weight is 350 g/mol. The van der Waals surface area contributed by atoms with Crippen molar-refractivity contribution in [3.05, 3.63) is 59.9 Å². The first-order valence-electron chi connectivity index (χ1n) is 8.88. The van der Waals surface area contributed by atoms with E-state index in [9.17, 15) is 4.79 Å². The minimum atomic E-state index is -0.103. The maximum Gasteiger partial charge on any atom is 0.253 e. The van der Waals surface area contributed by atoms with Crippen LogP contribution < -0.4 is 10.2 Å². The summed E-state index contributed by atoms with van der Waals surface area (Å²) in [5, 5.41) is 3.90. The van der Waals surface area contributed by atoms with Crippen molar-refractivity contribution in [2.45, 2.75) is 13.0 Å². The lowest BCUT2D eigenvalue weighted by Crippen LogP contribution is -2.36. The van der Waals surface area contributed by atoms with Crippen molar-refractivity contribution in [1.29, 1.82) is 0 Å². The lowest BCUT2D eigenvalue weighted by Gasteiger charge is -2.29. The first-order chi connectivity index (χ1) is 12.7. The van der Waals surface area contributed by atoms with Gasteiger partial charge in [0.2, 0.25) is 0 Å². The summed E-state index contributed by atoms with van der Waals surface area (Å²) in [6, 6.07) is 12.0. The second kappa shape index (κ2) is 7.17. The number of amides is 1. The van der Waals surface area contributed by atoms with E-state index in [-0.39, 0.29) is 11.9 Å². The second-order valence-corrected chi connectivity index (χ2v) is 6.49. The van der Waals surface area contributed by atoms with Crippen molar-refractivity contribution in [2.24, 2.45) is 0 Å². The number of pyridine rings is 1.